The molecule has 3 rings (SSSR count). The zero-order chi connectivity index (χ0) is 18.5. The van der Waals surface area contributed by atoms with Gasteiger partial charge in [0.1, 0.15) is 0 Å². The second-order valence-electron chi connectivity index (χ2n) is 6.63. The number of carbonyl (C=O) groups is 2. The van der Waals surface area contributed by atoms with Crippen molar-refractivity contribution in [1.29, 1.82) is 0 Å². The Morgan fingerprint density at radius 2 is 1.77 bits per heavy atom. The molecule has 0 aromatic heterocycles. The normalized spacial score (nSPS) is 13.5. The summed E-state index contributed by atoms with van der Waals surface area (Å²) in [5, 5.41) is 2.98. The molecule has 5 heteroatoms. The highest BCUT2D eigenvalue weighted by atomic mass is 16.5. The molecule has 0 unspecified atom stereocenters. The van der Waals surface area contributed by atoms with Gasteiger partial charge in [-0.25, -0.2) is 4.79 Å². The molecule has 0 radical (unpaired) electrons. The number of aryl methyl sites for hydroxylation is 1. The zero-order valence-electron chi connectivity index (χ0n) is 15.2. The molecule has 1 aliphatic heterocycles. The fourth-order valence-corrected chi connectivity index (χ4v) is 3.20. The van der Waals surface area contributed by atoms with Gasteiger partial charge in [-0.05, 0) is 43.5 Å². The Balaban J connectivity index is 1.81. The van der Waals surface area contributed by atoms with Crippen LogP contribution in [0.15, 0.2) is 42.5 Å². The van der Waals surface area contributed by atoms with Gasteiger partial charge < -0.3 is 15.0 Å². The molecule has 136 valence electrons. The predicted molar refractivity (Wildman–Crippen MR) is 103 cm³/mol. The highest BCUT2D eigenvalue weighted by molar-refractivity contribution is 5.98. The summed E-state index contributed by atoms with van der Waals surface area (Å²) < 4.78 is 4.80. The van der Waals surface area contributed by atoms with E-state index in [0.29, 0.717) is 17.7 Å². The summed E-state index contributed by atoms with van der Waals surface area (Å²) >= 11 is 0. The Bertz CT molecular complexity index is 793. The Labute approximate surface area is 154 Å². The number of methoxy groups -OCH3 is 1. The highest BCUT2D eigenvalue weighted by Crippen LogP contribution is 2.30. The number of nitrogens with zero attached hydrogens (tertiary/aromatic N) is 1. The van der Waals surface area contributed by atoms with Gasteiger partial charge >= 0.3 is 5.97 Å². The first-order chi connectivity index (χ1) is 12.6. The molecule has 5 nitrogen and oxygen atoms in total. The molecule has 1 N–H and O–H groups in total. The topological polar surface area (TPSA) is 58.6 Å². The third kappa shape index (κ3) is 4.23. The fraction of sp³-hybridized carbons (Fsp3) is 0.333. The third-order valence-electron chi connectivity index (χ3n) is 4.62. The molecule has 1 aliphatic rings. The molecule has 0 spiro atoms. The molecule has 1 saturated heterocycles. The molecule has 2 aromatic rings. The largest absolute Gasteiger partial charge is 0.465 e. The second kappa shape index (κ2) is 8.04. The van der Waals surface area contributed by atoms with Crippen LogP contribution in [0, 0.1) is 6.92 Å². The van der Waals surface area contributed by atoms with E-state index in [2.05, 4.69) is 10.2 Å². The van der Waals surface area contributed by atoms with Crippen LogP contribution in [0.2, 0.25) is 0 Å². The summed E-state index contributed by atoms with van der Waals surface area (Å²) in [5.41, 5.74) is 4.16. The van der Waals surface area contributed by atoms with Gasteiger partial charge in [-0.2, -0.15) is 0 Å². The number of anilines is 2. The molecule has 1 fully saturated rings. The minimum Gasteiger partial charge on any atom is -0.465 e. The number of rotatable bonds is 5. The van der Waals surface area contributed by atoms with Crippen molar-refractivity contribution in [3.05, 3.63) is 59.2 Å². The third-order valence-corrected chi connectivity index (χ3v) is 4.62. The zero-order valence-corrected chi connectivity index (χ0v) is 15.2. The molecule has 0 bridgehead atoms. The van der Waals surface area contributed by atoms with Crippen LogP contribution in [0.4, 0.5) is 11.4 Å². The lowest BCUT2D eigenvalue weighted by atomic mass is 10.1. The average Bonchev–Trinajstić information content (AvgIpc) is 3.17. The summed E-state index contributed by atoms with van der Waals surface area (Å²) in [5.74, 6) is -0.511. The van der Waals surface area contributed by atoms with E-state index in [1.807, 2.05) is 37.3 Å². The molecule has 1 amide bonds. The van der Waals surface area contributed by atoms with E-state index in [0.717, 1.165) is 42.7 Å². The van der Waals surface area contributed by atoms with Crippen LogP contribution in [0.25, 0.3) is 0 Å². The van der Waals surface area contributed by atoms with Gasteiger partial charge in [-0.3, -0.25) is 4.79 Å². The smallest absolute Gasteiger partial charge is 0.337 e. The summed E-state index contributed by atoms with van der Waals surface area (Å²) in [4.78, 5) is 26.6. The Morgan fingerprint density at radius 3 is 2.42 bits per heavy atom. The number of benzene rings is 2. The lowest BCUT2D eigenvalue weighted by molar-refractivity contribution is -0.115. The second-order valence-corrected chi connectivity index (χ2v) is 6.63. The molecule has 2 aromatic carbocycles. The first kappa shape index (κ1) is 18.0. The maximum atomic E-state index is 12.5. The molecular formula is C21H24N2O3. The van der Waals surface area contributed by atoms with E-state index < -0.39 is 5.97 Å². The van der Waals surface area contributed by atoms with E-state index in [9.17, 15) is 9.59 Å². The van der Waals surface area contributed by atoms with Gasteiger partial charge in [0.25, 0.3) is 0 Å². The lowest BCUT2D eigenvalue weighted by Gasteiger charge is -2.22. The van der Waals surface area contributed by atoms with Crippen LogP contribution in [0.1, 0.15) is 34.3 Å². The van der Waals surface area contributed by atoms with E-state index in [4.69, 9.17) is 4.74 Å². The SMILES string of the molecule is COC(=O)c1ccc(N2CCCC2)c(NC(=O)Cc2ccc(C)cc2)c1. The van der Waals surface area contributed by atoms with Crippen LogP contribution < -0.4 is 10.2 Å². The van der Waals surface area contributed by atoms with Crippen LogP contribution >= 0.6 is 0 Å². The minimum absolute atomic E-state index is 0.101. The van der Waals surface area contributed by atoms with Crippen LogP contribution in [0.3, 0.4) is 0 Å². The number of esters is 1. The standard InChI is InChI=1S/C21H24N2O3/c1-15-5-7-16(8-6-15)13-20(24)22-18-14-17(21(25)26-2)9-10-19(18)23-11-3-4-12-23/h5-10,14H,3-4,11-13H2,1-2H3,(H,22,24). The maximum absolute atomic E-state index is 12.5. The lowest BCUT2D eigenvalue weighted by Crippen LogP contribution is -2.22. The first-order valence-corrected chi connectivity index (χ1v) is 8.89. The van der Waals surface area contributed by atoms with Crippen LogP contribution in [-0.4, -0.2) is 32.1 Å². The minimum atomic E-state index is -0.410. The number of nitrogens with one attached hydrogen (secondary N) is 1. The number of amides is 1. The van der Waals surface area contributed by atoms with E-state index in [1.54, 1.807) is 12.1 Å². The van der Waals surface area contributed by atoms with Crippen molar-refractivity contribution < 1.29 is 14.3 Å². The molecule has 0 atom stereocenters. The van der Waals surface area contributed by atoms with Crippen LogP contribution in [-0.2, 0) is 16.0 Å². The number of hydrogen-bond donors (Lipinski definition) is 1. The van der Waals surface area contributed by atoms with Crippen molar-refractivity contribution in [2.24, 2.45) is 0 Å². The molecule has 0 saturated carbocycles. The maximum Gasteiger partial charge on any atom is 0.337 e. The predicted octanol–water partition coefficient (Wildman–Crippen LogP) is 3.56. The first-order valence-electron chi connectivity index (χ1n) is 8.89. The van der Waals surface area contributed by atoms with Crippen molar-refractivity contribution in [2.75, 3.05) is 30.4 Å². The summed E-state index contributed by atoms with van der Waals surface area (Å²) in [7, 11) is 1.35. The van der Waals surface area contributed by atoms with Gasteiger partial charge in [-0.1, -0.05) is 29.8 Å². The van der Waals surface area contributed by atoms with E-state index >= 15 is 0 Å². The van der Waals surface area contributed by atoms with Gasteiger partial charge in [0.05, 0.1) is 30.5 Å². The molecule has 1 heterocycles. The summed E-state index contributed by atoms with van der Waals surface area (Å²) in [6.45, 7) is 3.93. The van der Waals surface area contributed by atoms with Crippen molar-refractivity contribution in [3.63, 3.8) is 0 Å². The highest BCUT2D eigenvalue weighted by Gasteiger charge is 2.19. The Morgan fingerprint density at radius 1 is 1.08 bits per heavy atom. The fourth-order valence-electron chi connectivity index (χ4n) is 3.20. The van der Waals surface area contributed by atoms with Crippen molar-refractivity contribution >= 4 is 23.3 Å². The average molecular weight is 352 g/mol. The Kier molecular flexibility index (Phi) is 5.56. The monoisotopic (exact) mass is 352 g/mol. The van der Waals surface area contributed by atoms with Gasteiger partial charge in [0.2, 0.25) is 5.91 Å². The summed E-state index contributed by atoms with van der Waals surface area (Å²) in [6.07, 6.45) is 2.56. The van der Waals surface area contributed by atoms with Gasteiger partial charge in [0.15, 0.2) is 0 Å². The van der Waals surface area contributed by atoms with Crippen molar-refractivity contribution in [2.45, 2.75) is 26.2 Å². The number of hydrogen-bond acceptors (Lipinski definition) is 4. The van der Waals surface area contributed by atoms with Crippen LogP contribution in [0.5, 0.6) is 0 Å². The quantitative estimate of drug-likeness (QED) is 0.836. The van der Waals surface area contributed by atoms with Crippen molar-refractivity contribution in [3.8, 4) is 0 Å². The number of carbonyl (C=O) groups excluding carboxylic acids is 2. The molecular weight excluding hydrogens is 328 g/mol. The van der Waals surface area contributed by atoms with E-state index in [1.165, 1.54) is 7.11 Å². The van der Waals surface area contributed by atoms with Crippen molar-refractivity contribution in [1.82, 2.24) is 0 Å². The van der Waals surface area contributed by atoms with Gasteiger partial charge in [-0.15, -0.1) is 0 Å². The molecule has 0 aliphatic carbocycles. The van der Waals surface area contributed by atoms with E-state index in [-0.39, 0.29) is 5.91 Å². The number of ether oxygens (including phenoxy) is 1. The van der Waals surface area contributed by atoms with Gasteiger partial charge in [0, 0.05) is 13.1 Å². The Hall–Kier alpha value is -2.82. The summed E-state index contributed by atoms with van der Waals surface area (Å²) in [6, 6.07) is 13.2. The molecule has 26 heavy (non-hydrogen) atoms.